The molecule has 1 unspecified atom stereocenters. The summed E-state index contributed by atoms with van der Waals surface area (Å²) >= 11 is 0. The molecule has 1 heterocycles. The second kappa shape index (κ2) is 5.37. The van der Waals surface area contributed by atoms with Gasteiger partial charge in [-0.25, -0.2) is 0 Å². The average molecular weight is 339 g/mol. The van der Waals surface area contributed by atoms with Crippen LogP contribution in [0.1, 0.15) is 16.7 Å². The number of aliphatic hydroxyl groups is 1. The lowest BCUT2D eigenvalue weighted by atomic mass is 10.0. The van der Waals surface area contributed by atoms with E-state index in [1.807, 2.05) is 0 Å². The molecular weight excluding hydrogens is 324 g/mol. The SMILES string of the molecule is OCC1[C@H]2CN(Cc3ccc(C(F)(F)F)cc3C(F)(F)F)C[C@@H]12. The molecule has 0 radical (unpaired) electrons. The molecule has 1 aromatic carbocycles. The van der Waals surface area contributed by atoms with Crippen LogP contribution in [0.25, 0.3) is 0 Å². The van der Waals surface area contributed by atoms with Crippen molar-refractivity contribution in [2.24, 2.45) is 17.8 Å². The van der Waals surface area contributed by atoms with E-state index in [0.717, 1.165) is 6.07 Å². The molecule has 2 aliphatic rings. The summed E-state index contributed by atoms with van der Waals surface area (Å²) in [4.78, 5) is 1.80. The van der Waals surface area contributed by atoms with Gasteiger partial charge in [0.05, 0.1) is 11.1 Å². The van der Waals surface area contributed by atoms with E-state index in [2.05, 4.69) is 0 Å². The average Bonchev–Trinajstić information content (AvgIpc) is 2.90. The van der Waals surface area contributed by atoms with Gasteiger partial charge in [-0.3, -0.25) is 4.90 Å². The monoisotopic (exact) mass is 339 g/mol. The molecule has 1 saturated carbocycles. The van der Waals surface area contributed by atoms with Crippen molar-refractivity contribution in [3.63, 3.8) is 0 Å². The second-order valence-corrected chi connectivity index (χ2v) is 6.24. The van der Waals surface area contributed by atoms with Gasteiger partial charge in [0.15, 0.2) is 0 Å². The summed E-state index contributed by atoms with van der Waals surface area (Å²) < 4.78 is 77.1. The van der Waals surface area contributed by atoms with E-state index in [9.17, 15) is 26.3 Å². The Hall–Kier alpha value is -1.28. The van der Waals surface area contributed by atoms with Crippen LogP contribution in [0.4, 0.5) is 26.3 Å². The Morgan fingerprint density at radius 3 is 2.09 bits per heavy atom. The minimum atomic E-state index is -4.83. The molecule has 0 spiro atoms. The Balaban J connectivity index is 1.79. The molecule has 1 saturated heterocycles. The molecule has 2 nitrogen and oxygen atoms in total. The maximum atomic E-state index is 13.1. The minimum absolute atomic E-state index is 0.0296. The number of piperidine rings is 1. The van der Waals surface area contributed by atoms with Crippen molar-refractivity contribution in [2.45, 2.75) is 18.9 Å². The van der Waals surface area contributed by atoms with Gasteiger partial charge in [-0.15, -0.1) is 0 Å². The van der Waals surface area contributed by atoms with Gasteiger partial charge >= 0.3 is 12.4 Å². The Kier molecular flexibility index (Phi) is 3.87. The Morgan fingerprint density at radius 1 is 1.00 bits per heavy atom. The van der Waals surface area contributed by atoms with Crippen molar-refractivity contribution in [2.75, 3.05) is 19.7 Å². The van der Waals surface area contributed by atoms with Crippen molar-refractivity contribution in [1.82, 2.24) is 4.90 Å². The second-order valence-electron chi connectivity index (χ2n) is 6.24. The molecular formula is C15H15F6NO. The first kappa shape index (κ1) is 16.6. The van der Waals surface area contributed by atoms with Gasteiger partial charge in [0.25, 0.3) is 0 Å². The molecule has 1 aliphatic heterocycles. The lowest BCUT2D eigenvalue weighted by molar-refractivity contribution is -0.143. The van der Waals surface area contributed by atoms with Gasteiger partial charge in [0, 0.05) is 26.2 Å². The van der Waals surface area contributed by atoms with Crippen LogP contribution in [0.3, 0.4) is 0 Å². The highest BCUT2D eigenvalue weighted by Crippen LogP contribution is 2.51. The van der Waals surface area contributed by atoms with Crippen LogP contribution in [0.5, 0.6) is 0 Å². The lowest BCUT2D eigenvalue weighted by Gasteiger charge is -2.22. The van der Waals surface area contributed by atoms with E-state index >= 15 is 0 Å². The molecule has 0 amide bonds. The number of aliphatic hydroxyl groups excluding tert-OH is 1. The Labute approximate surface area is 128 Å². The fraction of sp³-hybridized carbons (Fsp3) is 0.600. The highest BCUT2D eigenvalue weighted by atomic mass is 19.4. The number of halogens is 6. The summed E-state index contributed by atoms with van der Waals surface area (Å²) in [6.07, 6.45) is -9.63. The van der Waals surface area contributed by atoms with Crippen LogP contribution in [-0.2, 0) is 18.9 Å². The zero-order valence-electron chi connectivity index (χ0n) is 12.0. The van der Waals surface area contributed by atoms with Gasteiger partial charge in [-0.05, 0) is 35.4 Å². The number of benzene rings is 1. The summed E-state index contributed by atoms with van der Waals surface area (Å²) in [5, 5.41) is 9.07. The highest BCUT2D eigenvalue weighted by Gasteiger charge is 2.55. The maximum Gasteiger partial charge on any atom is 0.416 e. The third-order valence-electron chi connectivity index (χ3n) is 4.79. The molecule has 3 atom stereocenters. The number of hydrogen-bond acceptors (Lipinski definition) is 2. The number of alkyl halides is 6. The normalized spacial score (nSPS) is 28.0. The van der Waals surface area contributed by atoms with E-state index < -0.39 is 23.5 Å². The van der Waals surface area contributed by atoms with Crippen LogP contribution in [-0.4, -0.2) is 29.7 Å². The van der Waals surface area contributed by atoms with Crippen molar-refractivity contribution < 1.29 is 31.4 Å². The fourth-order valence-corrected chi connectivity index (χ4v) is 3.53. The molecule has 128 valence electrons. The first-order chi connectivity index (χ1) is 10.6. The molecule has 3 rings (SSSR count). The standard InChI is InChI=1S/C15H15F6NO/c16-14(17,18)9-2-1-8(13(3-9)15(19,20)21)4-22-5-10-11(6-22)12(10)7-23/h1-3,10-12,23H,4-7H2/t10-,11+,12?. The third kappa shape index (κ3) is 3.19. The van der Waals surface area contributed by atoms with E-state index in [4.69, 9.17) is 5.11 Å². The molecule has 8 heteroatoms. The Morgan fingerprint density at radius 2 is 1.61 bits per heavy atom. The zero-order valence-corrected chi connectivity index (χ0v) is 12.0. The van der Waals surface area contributed by atoms with Gasteiger partial charge in [0.2, 0.25) is 0 Å². The Bertz CT molecular complexity index is 585. The fourth-order valence-electron chi connectivity index (χ4n) is 3.53. The summed E-state index contributed by atoms with van der Waals surface area (Å²) in [6, 6.07) is 1.79. The van der Waals surface area contributed by atoms with Crippen LogP contribution in [0.2, 0.25) is 0 Å². The molecule has 0 aromatic heterocycles. The van der Waals surface area contributed by atoms with Gasteiger partial charge < -0.3 is 5.11 Å². The number of hydrogen-bond donors (Lipinski definition) is 1. The van der Waals surface area contributed by atoms with Crippen LogP contribution in [0, 0.1) is 17.8 Å². The molecule has 1 aliphatic carbocycles. The third-order valence-corrected chi connectivity index (χ3v) is 4.79. The topological polar surface area (TPSA) is 23.5 Å². The van der Waals surface area contributed by atoms with Crippen molar-refractivity contribution in [3.05, 3.63) is 34.9 Å². The van der Waals surface area contributed by atoms with E-state index in [1.54, 1.807) is 4.90 Å². The first-order valence-corrected chi connectivity index (χ1v) is 7.22. The van der Waals surface area contributed by atoms with Gasteiger partial charge in [-0.1, -0.05) is 6.07 Å². The number of likely N-dealkylation sites (tertiary alicyclic amines) is 1. The summed E-state index contributed by atoms with van der Waals surface area (Å²) in [7, 11) is 0. The van der Waals surface area contributed by atoms with Gasteiger partial charge in [0.1, 0.15) is 0 Å². The molecule has 2 fully saturated rings. The predicted molar refractivity (Wildman–Crippen MR) is 69.3 cm³/mol. The van der Waals surface area contributed by atoms with E-state index in [1.165, 1.54) is 0 Å². The predicted octanol–water partition coefficient (Wildman–Crippen LogP) is 3.39. The maximum absolute atomic E-state index is 13.1. The largest absolute Gasteiger partial charge is 0.416 e. The van der Waals surface area contributed by atoms with E-state index in [0.29, 0.717) is 31.0 Å². The number of rotatable bonds is 3. The molecule has 0 bridgehead atoms. The van der Waals surface area contributed by atoms with Crippen LogP contribution in [0.15, 0.2) is 18.2 Å². The molecule has 23 heavy (non-hydrogen) atoms. The quantitative estimate of drug-likeness (QED) is 0.854. The van der Waals surface area contributed by atoms with Crippen molar-refractivity contribution in [1.29, 1.82) is 0 Å². The zero-order chi connectivity index (χ0) is 17.0. The smallest absolute Gasteiger partial charge is 0.396 e. The van der Waals surface area contributed by atoms with Crippen LogP contribution < -0.4 is 0 Å². The minimum Gasteiger partial charge on any atom is -0.396 e. The van der Waals surface area contributed by atoms with Crippen molar-refractivity contribution in [3.8, 4) is 0 Å². The number of fused-ring (bicyclic) bond motifs is 1. The molecule has 1 aromatic rings. The number of nitrogens with zero attached hydrogens (tertiary/aromatic N) is 1. The van der Waals surface area contributed by atoms with Crippen molar-refractivity contribution >= 4 is 0 Å². The lowest BCUT2D eigenvalue weighted by Crippen LogP contribution is -2.26. The first-order valence-electron chi connectivity index (χ1n) is 7.22. The van der Waals surface area contributed by atoms with E-state index in [-0.39, 0.29) is 30.7 Å². The summed E-state index contributed by atoms with van der Waals surface area (Å²) in [5.74, 6) is 0.813. The summed E-state index contributed by atoms with van der Waals surface area (Å²) in [6.45, 7) is 1.21. The van der Waals surface area contributed by atoms with Crippen LogP contribution >= 0.6 is 0 Å². The van der Waals surface area contributed by atoms with Gasteiger partial charge in [-0.2, -0.15) is 26.3 Å². The molecule has 1 N–H and O–H groups in total. The highest BCUT2D eigenvalue weighted by molar-refractivity contribution is 5.35. The summed E-state index contributed by atoms with van der Waals surface area (Å²) in [5.41, 5.74) is -2.67.